The predicted molar refractivity (Wildman–Crippen MR) is 55.4 cm³/mol. The smallest absolute Gasteiger partial charge is 0.0984 e. The Hall–Kier alpha value is -0.860. The van der Waals surface area contributed by atoms with Gasteiger partial charge in [0.1, 0.15) is 0 Å². The largest absolute Gasteiger partial charge is 0.371 e. The van der Waals surface area contributed by atoms with Gasteiger partial charge in [0.2, 0.25) is 0 Å². The molecule has 74 valence electrons. The second-order valence-electron chi connectivity index (χ2n) is 4.20. The van der Waals surface area contributed by atoms with Crippen LogP contribution in [0.15, 0.2) is 18.2 Å². The van der Waals surface area contributed by atoms with Crippen molar-refractivity contribution >= 4 is 0 Å². The Morgan fingerprint density at radius 2 is 2.36 bits per heavy atom. The van der Waals surface area contributed by atoms with E-state index < -0.39 is 0 Å². The van der Waals surface area contributed by atoms with Crippen molar-refractivity contribution in [3.63, 3.8) is 0 Å². The maximum atomic E-state index is 5.82. The lowest BCUT2D eigenvalue weighted by Gasteiger charge is -2.27. The third-order valence-corrected chi connectivity index (χ3v) is 3.35. The maximum absolute atomic E-state index is 5.82. The minimum Gasteiger partial charge on any atom is -0.371 e. The number of fused-ring (bicyclic) bond motifs is 3. The summed E-state index contributed by atoms with van der Waals surface area (Å²) >= 11 is 0. The molecule has 0 saturated carbocycles. The summed E-state index contributed by atoms with van der Waals surface area (Å²) in [5, 5.41) is 3.53. The molecule has 0 amide bonds. The molecule has 1 heterocycles. The molecule has 2 heteroatoms. The van der Waals surface area contributed by atoms with Crippen molar-refractivity contribution in [2.75, 3.05) is 13.2 Å². The van der Waals surface area contributed by atoms with E-state index in [4.69, 9.17) is 4.74 Å². The lowest BCUT2D eigenvalue weighted by molar-refractivity contribution is 0.00358. The van der Waals surface area contributed by atoms with Crippen LogP contribution in [0, 0.1) is 6.92 Å². The molecule has 1 aliphatic carbocycles. The van der Waals surface area contributed by atoms with E-state index in [0.717, 1.165) is 19.6 Å². The molecule has 1 saturated heterocycles. The monoisotopic (exact) mass is 189 g/mol. The minimum absolute atomic E-state index is 0.304. The molecule has 0 radical (unpaired) electrons. The van der Waals surface area contributed by atoms with Crippen molar-refractivity contribution in [2.24, 2.45) is 0 Å². The quantitative estimate of drug-likeness (QED) is 0.669. The normalized spacial score (nSPS) is 29.8. The molecule has 1 aliphatic heterocycles. The van der Waals surface area contributed by atoms with E-state index in [1.807, 2.05) is 0 Å². The van der Waals surface area contributed by atoms with Crippen molar-refractivity contribution in [1.82, 2.24) is 5.32 Å². The second kappa shape index (κ2) is 3.07. The Balaban J connectivity index is 2.05. The van der Waals surface area contributed by atoms with Crippen LogP contribution in [0.1, 0.15) is 22.8 Å². The lowest BCUT2D eigenvalue weighted by Crippen LogP contribution is -2.41. The molecule has 2 aliphatic rings. The number of aryl methyl sites for hydroxylation is 1. The number of benzene rings is 1. The van der Waals surface area contributed by atoms with E-state index >= 15 is 0 Å². The van der Waals surface area contributed by atoms with Gasteiger partial charge in [-0.15, -0.1) is 0 Å². The van der Waals surface area contributed by atoms with Gasteiger partial charge in [0, 0.05) is 12.6 Å². The number of hydrogen-bond donors (Lipinski definition) is 1. The average molecular weight is 189 g/mol. The summed E-state index contributed by atoms with van der Waals surface area (Å²) in [5.74, 6) is 0. The first kappa shape index (κ1) is 8.45. The zero-order valence-corrected chi connectivity index (χ0v) is 8.42. The molecule has 1 N–H and O–H groups in total. The Morgan fingerprint density at radius 3 is 3.29 bits per heavy atom. The highest BCUT2D eigenvalue weighted by molar-refractivity contribution is 5.41. The first-order valence-electron chi connectivity index (χ1n) is 5.29. The maximum Gasteiger partial charge on any atom is 0.0984 e. The van der Waals surface area contributed by atoms with E-state index in [9.17, 15) is 0 Å². The Bertz CT molecular complexity index is 361. The van der Waals surface area contributed by atoms with Gasteiger partial charge in [0.05, 0.1) is 12.7 Å². The first-order chi connectivity index (χ1) is 6.86. The van der Waals surface area contributed by atoms with Gasteiger partial charge in [-0.3, -0.25) is 0 Å². The van der Waals surface area contributed by atoms with Crippen molar-refractivity contribution in [3.05, 3.63) is 34.9 Å². The topological polar surface area (TPSA) is 21.3 Å². The Morgan fingerprint density at radius 1 is 1.43 bits per heavy atom. The number of morpholine rings is 1. The number of rotatable bonds is 0. The molecule has 2 nitrogen and oxygen atoms in total. The average Bonchev–Trinajstić information content (AvgIpc) is 2.59. The van der Waals surface area contributed by atoms with Crippen LogP contribution in [0.25, 0.3) is 0 Å². The molecule has 0 aromatic heterocycles. The lowest BCUT2D eigenvalue weighted by atomic mass is 10.0. The van der Waals surface area contributed by atoms with Gasteiger partial charge in [0.15, 0.2) is 0 Å². The first-order valence-corrected chi connectivity index (χ1v) is 5.29. The molecule has 1 aromatic rings. The van der Waals surface area contributed by atoms with Crippen molar-refractivity contribution < 1.29 is 4.74 Å². The van der Waals surface area contributed by atoms with Gasteiger partial charge < -0.3 is 10.1 Å². The molecule has 2 unspecified atom stereocenters. The SMILES string of the molecule is Cc1cccc2c1CC1NCCOC21. The van der Waals surface area contributed by atoms with Gasteiger partial charge in [-0.05, 0) is 30.0 Å². The molecule has 1 aromatic carbocycles. The van der Waals surface area contributed by atoms with Crippen LogP contribution < -0.4 is 5.32 Å². The van der Waals surface area contributed by atoms with E-state index in [1.165, 1.54) is 16.7 Å². The van der Waals surface area contributed by atoms with Gasteiger partial charge in [-0.1, -0.05) is 18.2 Å². The summed E-state index contributed by atoms with van der Waals surface area (Å²) in [6.07, 6.45) is 1.44. The third-order valence-electron chi connectivity index (χ3n) is 3.35. The Labute approximate surface area is 84.3 Å². The zero-order valence-electron chi connectivity index (χ0n) is 8.42. The summed E-state index contributed by atoms with van der Waals surface area (Å²) in [6.45, 7) is 4.03. The summed E-state index contributed by atoms with van der Waals surface area (Å²) in [6, 6.07) is 7.05. The number of nitrogens with one attached hydrogen (secondary N) is 1. The van der Waals surface area contributed by atoms with E-state index in [0.29, 0.717) is 12.1 Å². The summed E-state index contributed by atoms with van der Waals surface area (Å²) in [4.78, 5) is 0. The highest BCUT2D eigenvalue weighted by Gasteiger charge is 2.35. The fourth-order valence-corrected chi connectivity index (χ4v) is 2.63. The van der Waals surface area contributed by atoms with Crippen molar-refractivity contribution in [1.29, 1.82) is 0 Å². The van der Waals surface area contributed by atoms with E-state index in [-0.39, 0.29) is 0 Å². The van der Waals surface area contributed by atoms with Gasteiger partial charge in [-0.2, -0.15) is 0 Å². The van der Waals surface area contributed by atoms with Crippen LogP contribution in [0.5, 0.6) is 0 Å². The summed E-state index contributed by atoms with van der Waals surface area (Å²) in [5.41, 5.74) is 4.31. The van der Waals surface area contributed by atoms with Crippen molar-refractivity contribution in [2.45, 2.75) is 25.5 Å². The van der Waals surface area contributed by atoms with Crippen LogP contribution in [0.2, 0.25) is 0 Å². The van der Waals surface area contributed by atoms with Crippen LogP contribution in [0.4, 0.5) is 0 Å². The van der Waals surface area contributed by atoms with Gasteiger partial charge in [0.25, 0.3) is 0 Å². The summed E-state index contributed by atoms with van der Waals surface area (Å²) < 4.78 is 5.82. The molecule has 14 heavy (non-hydrogen) atoms. The molecule has 0 spiro atoms. The van der Waals surface area contributed by atoms with Crippen LogP contribution in [-0.2, 0) is 11.2 Å². The highest BCUT2D eigenvalue weighted by Crippen LogP contribution is 2.37. The molecule has 0 bridgehead atoms. The molecule has 3 rings (SSSR count). The second-order valence-corrected chi connectivity index (χ2v) is 4.20. The number of ether oxygens (including phenoxy) is 1. The van der Waals surface area contributed by atoms with Gasteiger partial charge >= 0.3 is 0 Å². The van der Waals surface area contributed by atoms with E-state index in [2.05, 4.69) is 30.4 Å². The van der Waals surface area contributed by atoms with Crippen LogP contribution in [0.3, 0.4) is 0 Å². The molecule has 2 atom stereocenters. The van der Waals surface area contributed by atoms with Gasteiger partial charge in [-0.25, -0.2) is 0 Å². The minimum atomic E-state index is 0.304. The predicted octanol–water partition coefficient (Wildman–Crippen LogP) is 1.58. The highest BCUT2D eigenvalue weighted by atomic mass is 16.5. The fraction of sp³-hybridized carbons (Fsp3) is 0.500. The molecular formula is C12H15NO. The van der Waals surface area contributed by atoms with E-state index in [1.54, 1.807) is 0 Å². The zero-order chi connectivity index (χ0) is 9.54. The van der Waals surface area contributed by atoms with Crippen LogP contribution in [-0.4, -0.2) is 19.2 Å². The van der Waals surface area contributed by atoms with Crippen molar-refractivity contribution in [3.8, 4) is 0 Å². The molecular weight excluding hydrogens is 174 g/mol. The third kappa shape index (κ3) is 1.11. The number of hydrogen-bond acceptors (Lipinski definition) is 2. The standard InChI is InChI=1S/C12H15NO/c1-8-3-2-4-9-10(8)7-11-12(9)14-6-5-13-11/h2-4,11-13H,5-7H2,1H3. The molecule has 1 fully saturated rings. The Kier molecular flexibility index (Phi) is 1.85. The summed E-state index contributed by atoms with van der Waals surface area (Å²) in [7, 11) is 0. The van der Waals surface area contributed by atoms with Crippen LogP contribution >= 0.6 is 0 Å². The fourth-order valence-electron chi connectivity index (χ4n) is 2.63.